The molecule has 0 saturated carbocycles. The Labute approximate surface area is 102 Å². The summed E-state index contributed by atoms with van der Waals surface area (Å²) in [5.74, 6) is 0.834. The molecule has 4 nitrogen and oxygen atoms in total. The fraction of sp³-hybridized carbons (Fsp3) is 0.462. The molecular weight excluding hydrogens is 216 g/mol. The van der Waals surface area contributed by atoms with Crippen LogP contribution < -0.4 is 15.4 Å². The van der Waals surface area contributed by atoms with E-state index in [2.05, 4.69) is 10.6 Å². The van der Waals surface area contributed by atoms with Gasteiger partial charge < -0.3 is 15.4 Å². The highest BCUT2D eigenvalue weighted by Crippen LogP contribution is 2.13. The van der Waals surface area contributed by atoms with Gasteiger partial charge in [-0.2, -0.15) is 0 Å². The molecule has 94 valence electrons. The van der Waals surface area contributed by atoms with E-state index in [-0.39, 0.29) is 5.91 Å². The summed E-state index contributed by atoms with van der Waals surface area (Å²) in [7, 11) is 1.91. The predicted octanol–water partition coefficient (Wildman–Crippen LogP) is 1.31. The highest BCUT2D eigenvalue weighted by atomic mass is 16.5. The van der Waals surface area contributed by atoms with Crippen molar-refractivity contribution < 1.29 is 9.53 Å². The lowest BCUT2D eigenvalue weighted by atomic mass is 10.2. The first kappa shape index (κ1) is 13.5. The molecule has 1 aromatic rings. The lowest BCUT2D eigenvalue weighted by Crippen LogP contribution is -2.24. The van der Waals surface area contributed by atoms with E-state index in [1.54, 1.807) is 0 Å². The zero-order chi connectivity index (χ0) is 12.5. The van der Waals surface area contributed by atoms with Gasteiger partial charge in [0.15, 0.2) is 0 Å². The Morgan fingerprint density at radius 1 is 1.41 bits per heavy atom. The molecule has 17 heavy (non-hydrogen) atoms. The number of hydrogen-bond acceptors (Lipinski definition) is 3. The SMILES string of the molecule is CCNC(=O)CCOc1cccc(CNC)c1. The summed E-state index contributed by atoms with van der Waals surface area (Å²) in [6.45, 7) is 3.79. The normalized spacial score (nSPS) is 10.0. The van der Waals surface area contributed by atoms with Crippen molar-refractivity contribution in [3.63, 3.8) is 0 Å². The van der Waals surface area contributed by atoms with Crippen molar-refractivity contribution in [3.05, 3.63) is 29.8 Å². The molecule has 2 N–H and O–H groups in total. The lowest BCUT2D eigenvalue weighted by molar-refractivity contribution is -0.121. The molecule has 0 aromatic heterocycles. The fourth-order valence-electron chi connectivity index (χ4n) is 1.50. The number of rotatable bonds is 7. The molecule has 0 aliphatic heterocycles. The molecule has 0 unspecified atom stereocenters. The van der Waals surface area contributed by atoms with Crippen LogP contribution in [0.5, 0.6) is 5.75 Å². The molecule has 0 aliphatic carbocycles. The molecule has 0 heterocycles. The zero-order valence-electron chi connectivity index (χ0n) is 10.5. The van der Waals surface area contributed by atoms with Crippen LogP contribution >= 0.6 is 0 Å². The molecular formula is C13H20N2O2. The highest BCUT2D eigenvalue weighted by molar-refractivity contribution is 5.75. The summed E-state index contributed by atoms with van der Waals surface area (Å²) in [6.07, 6.45) is 0.393. The summed E-state index contributed by atoms with van der Waals surface area (Å²) in [5, 5.41) is 5.82. The minimum absolute atomic E-state index is 0.0267. The number of amides is 1. The Kier molecular flexibility index (Phi) is 6.10. The Morgan fingerprint density at radius 2 is 2.24 bits per heavy atom. The standard InChI is InChI=1S/C13H20N2O2/c1-3-15-13(16)7-8-17-12-6-4-5-11(9-12)10-14-2/h4-6,9,14H,3,7-8,10H2,1-2H3,(H,15,16). The molecule has 0 atom stereocenters. The van der Waals surface area contributed by atoms with Gasteiger partial charge in [-0.05, 0) is 31.7 Å². The van der Waals surface area contributed by atoms with Crippen LogP contribution in [-0.4, -0.2) is 26.1 Å². The maximum Gasteiger partial charge on any atom is 0.223 e. The minimum Gasteiger partial charge on any atom is -0.493 e. The lowest BCUT2D eigenvalue weighted by Gasteiger charge is -2.08. The van der Waals surface area contributed by atoms with Crippen molar-refractivity contribution in [2.75, 3.05) is 20.2 Å². The van der Waals surface area contributed by atoms with Gasteiger partial charge in [0.25, 0.3) is 0 Å². The van der Waals surface area contributed by atoms with Crippen LogP contribution in [-0.2, 0) is 11.3 Å². The maximum atomic E-state index is 11.2. The van der Waals surface area contributed by atoms with E-state index in [1.165, 1.54) is 5.56 Å². The van der Waals surface area contributed by atoms with Gasteiger partial charge >= 0.3 is 0 Å². The van der Waals surface area contributed by atoms with E-state index in [0.717, 1.165) is 12.3 Å². The van der Waals surface area contributed by atoms with Gasteiger partial charge in [0.1, 0.15) is 5.75 Å². The van der Waals surface area contributed by atoms with Crippen molar-refractivity contribution in [2.24, 2.45) is 0 Å². The number of ether oxygens (including phenoxy) is 1. The second-order valence-corrected chi connectivity index (χ2v) is 3.73. The smallest absolute Gasteiger partial charge is 0.223 e. The average Bonchev–Trinajstić information content (AvgIpc) is 2.30. The minimum atomic E-state index is 0.0267. The molecule has 4 heteroatoms. The number of nitrogens with one attached hydrogen (secondary N) is 2. The summed E-state index contributed by atoms with van der Waals surface area (Å²) < 4.78 is 5.52. The molecule has 1 aromatic carbocycles. The predicted molar refractivity (Wildman–Crippen MR) is 68.0 cm³/mol. The van der Waals surface area contributed by atoms with Gasteiger partial charge in [-0.25, -0.2) is 0 Å². The van der Waals surface area contributed by atoms with Crippen LogP contribution in [0.3, 0.4) is 0 Å². The Balaban J connectivity index is 2.35. The largest absolute Gasteiger partial charge is 0.493 e. The first-order chi connectivity index (χ1) is 8.26. The summed E-state index contributed by atoms with van der Waals surface area (Å²) >= 11 is 0. The molecule has 1 amide bonds. The summed E-state index contributed by atoms with van der Waals surface area (Å²) in [5.41, 5.74) is 1.17. The van der Waals surface area contributed by atoms with Gasteiger partial charge in [-0.15, -0.1) is 0 Å². The first-order valence-electron chi connectivity index (χ1n) is 5.89. The van der Waals surface area contributed by atoms with Gasteiger partial charge in [0, 0.05) is 13.1 Å². The second kappa shape index (κ2) is 7.68. The van der Waals surface area contributed by atoms with Crippen molar-refractivity contribution in [1.82, 2.24) is 10.6 Å². The maximum absolute atomic E-state index is 11.2. The number of carbonyl (C=O) groups is 1. The van der Waals surface area contributed by atoms with E-state index >= 15 is 0 Å². The fourth-order valence-corrected chi connectivity index (χ4v) is 1.50. The van der Waals surface area contributed by atoms with Crippen LogP contribution in [0.15, 0.2) is 24.3 Å². The monoisotopic (exact) mass is 236 g/mol. The van der Waals surface area contributed by atoms with E-state index in [4.69, 9.17) is 4.74 Å². The molecule has 0 radical (unpaired) electrons. The summed E-state index contributed by atoms with van der Waals surface area (Å²) in [6, 6.07) is 7.87. The topological polar surface area (TPSA) is 50.4 Å². The second-order valence-electron chi connectivity index (χ2n) is 3.73. The molecule has 0 spiro atoms. The van der Waals surface area contributed by atoms with Crippen molar-refractivity contribution in [3.8, 4) is 5.75 Å². The Hall–Kier alpha value is -1.55. The van der Waals surface area contributed by atoms with Gasteiger partial charge in [-0.3, -0.25) is 4.79 Å². The van der Waals surface area contributed by atoms with Gasteiger partial charge in [0.2, 0.25) is 5.91 Å². The molecule has 0 aliphatic rings. The number of hydrogen-bond donors (Lipinski definition) is 2. The van der Waals surface area contributed by atoms with E-state index in [1.807, 2.05) is 38.2 Å². The quantitative estimate of drug-likeness (QED) is 0.750. The third-order valence-corrected chi connectivity index (χ3v) is 2.25. The van der Waals surface area contributed by atoms with Crippen LogP contribution in [0.25, 0.3) is 0 Å². The number of carbonyl (C=O) groups excluding carboxylic acids is 1. The molecule has 0 saturated heterocycles. The Morgan fingerprint density at radius 3 is 2.94 bits per heavy atom. The molecule has 0 bridgehead atoms. The first-order valence-corrected chi connectivity index (χ1v) is 5.89. The van der Waals surface area contributed by atoms with Crippen LogP contribution in [0.2, 0.25) is 0 Å². The third-order valence-electron chi connectivity index (χ3n) is 2.25. The van der Waals surface area contributed by atoms with Gasteiger partial charge in [-0.1, -0.05) is 12.1 Å². The van der Waals surface area contributed by atoms with E-state index < -0.39 is 0 Å². The van der Waals surface area contributed by atoms with Crippen LogP contribution in [0.1, 0.15) is 18.9 Å². The van der Waals surface area contributed by atoms with Crippen molar-refractivity contribution in [2.45, 2.75) is 19.9 Å². The van der Waals surface area contributed by atoms with Crippen molar-refractivity contribution in [1.29, 1.82) is 0 Å². The van der Waals surface area contributed by atoms with Crippen LogP contribution in [0.4, 0.5) is 0 Å². The molecule has 1 rings (SSSR count). The van der Waals surface area contributed by atoms with E-state index in [0.29, 0.717) is 19.6 Å². The summed E-state index contributed by atoms with van der Waals surface area (Å²) in [4.78, 5) is 11.2. The Bertz CT molecular complexity index is 353. The number of benzene rings is 1. The van der Waals surface area contributed by atoms with Crippen molar-refractivity contribution >= 4 is 5.91 Å². The third kappa shape index (κ3) is 5.36. The van der Waals surface area contributed by atoms with Crippen LogP contribution in [0, 0.1) is 0 Å². The zero-order valence-corrected chi connectivity index (χ0v) is 10.5. The average molecular weight is 236 g/mol. The molecule has 0 fully saturated rings. The van der Waals surface area contributed by atoms with E-state index in [9.17, 15) is 4.79 Å². The van der Waals surface area contributed by atoms with Gasteiger partial charge in [0.05, 0.1) is 13.0 Å². The highest BCUT2D eigenvalue weighted by Gasteiger charge is 2.00.